The number of halogens is 1. The van der Waals surface area contributed by atoms with Gasteiger partial charge in [0.2, 0.25) is 10.0 Å². The summed E-state index contributed by atoms with van der Waals surface area (Å²) < 4.78 is 24.4. The molecule has 0 aromatic rings. The van der Waals surface area contributed by atoms with Crippen molar-refractivity contribution < 1.29 is 8.42 Å². The Bertz CT molecular complexity index is 223. The highest BCUT2D eigenvalue weighted by molar-refractivity contribution is 7.88. The van der Waals surface area contributed by atoms with Gasteiger partial charge in [-0.15, -0.1) is 12.4 Å². The van der Waals surface area contributed by atoms with Crippen molar-refractivity contribution in [1.82, 2.24) is 10.0 Å². The summed E-state index contributed by atoms with van der Waals surface area (Å²) in [4.78, 5) is 0. The van der Waals surface area contributed by atoms with Gasteiger partial charge in [0.05, 0.1) is 6.26 Å². The van der Waals surface area contributed by atoms with Crippen LogP contribution in [0, 0.1) is 0 Å². The van der Waals surface area contributed by atoms with Crippen LogP contribution in [0.5, 0.6) is 0 Å². The van der Waals surface area contributed by atoms with Crippen molar-refractivity contribution in [1.29, 1.82) is 0 Å². The maximum Gasteiger partial charge on any atom is 0.208 e. The molecule has 0 spiro atoms. The predicted octanol–water partition coefficient (Wildman–Crippen LogP) is 0.0995. The first kappa shape index (κ1) is 13.2. The summed E-state index contributed by atoms with van der Waals surface area (Å²) in [5.74, 6) is 0. The standard InChI is InChI=1S/C7H16N2O2S.ClH/c1-12(10,11)9-7-3-2-5-8-6-4-7;/h7-9H,2-6H2,1H3;1H/t7-;/m0./s1. The van der Waals surface area contributed by atoms with Gasteiger partial charge in [0.15, 0.2) is 0 Å². The Balaban J connectivity index is 0.00000144. The molecule has 1 aliphatic rings. The van der Waals surface area contributed by atoms with Crippen molar-refractivity contribution in [3.8, 4) is 0 Å². The molecule has 0 saturated carbocycles. The largest absolute Gasteiger partial charge is 0.317 e. The molecule has 13 heavy (non-hydrogen) atoms. The maximum atomic E-state index is 10.9. The molecule has 1 heterocycles. The smallest absolute Gasteiger partial charge is 0.208 e. The molecule has 1 rings (SSSR count). The van der Waals surface area contributed by atoms with Gasteiger partial charge in [-0.1, -0.05) is 0 Å². The summed E-state index contributed by atoms with van der Waals surface area (Å²) in [6.45, 7) is 1.91. The minimum Gasteiger partial charge on any atom is -0.317 e. The number of hydrogen-bond donors (Lipinski definition) is 2. The van der Waals surface area contributed by atoms with Gasteiger partial charge in [-0.3, -0.25) is 0 Å². The van der Waals surface area contributed by atoms with Crippen LogP contribution in [0.25, 0.3) is 0 Å². The molecule has 4 nitrogen and oxygen atoms in total. The third kappa shape index (κ3) is 6.26. The zero-order valence-electron chi connectivity index (χ0n) is 7.75. The molecule has 6 heteroatoms. The highest BCUT2D eigenvalue weighted by Crippen LogP contribution is 2.05. The van der Waals surface area contributed by atoms with Gasteiger partial charge < -0.3 is 5.32 Å². The van der Waals surface area contributed by atoms with Gasteiger partial charge in [-0.05, 0) is 32.4 Å². The Hall–Kier alpha value is 0.160. The molecule has 1 saturated heterocycles. The van der Waals surface area contributed by atoms with Crippen molar-refractivity contribution in [2.24, 2.45) is 0 Å². The molecule has 1 fully saturated rings. The zero-order valence-corrected chi connectivity index (χ0v) is 9.38. The Kier molecular flexibility index (Phi) is 5.87. The van der Waals surface area contributed by atoms with Gasteiger partial charge in [0.25, 0.3) is 0 Å². The fourth-order valence-electron chi connectivity index (χ4n) is 1.44. The van der Waals surface area contributed by atoms with Gasteiger partial charge in [-0.25, -0.2) is 13.1 Å². The molecule has 0 aliphatic carbocycles. The molecule has 80 valence electrons. The second kappa shape index (κ2) is 5.80. The molecule has 0 amide bonds. The van der Waals surface area contributed by atoms with Crippen LogP contribution in [-0.2, 0) is 10.0 Å². The summed E-state index contributed by atoms with van der Waals surface area (Å²) in [5.41, 5.74) is 0. The van der Waals surface area contributed by atoms with Crippen LogP contribution in [0.1, 0.15) is 19.3 Å². The Morgan fingerprint density at radius 1 is 1.31 bits per heavy atom. The lowest BCUT2D eigenvalue weighted by Crippen LogP contribution is -2.34. The highest BCUT2D eigenvalue weighted by Gasteiger charge is 2.14. The van der Waals surface area contributed by atoms with Gasteiger partial charge >= 0.3 is 0 Å². The van der Waals surface area contributed by atoms with Crippen LogP contribution in [-0.4, -0.2) is 33.8 Å². The molecular weight excluding hydrogens is 212 g/mol. The van der Waals surface area contributed by atoms with Crippen LogP contribution >= 0.6 is 12.4 Å². The van der Waals surface area contributed by atoms with Crippen molar-refractivity contribution in [3.05, 3.63) is 0 Å². The summed E-state index contributed by atoms with van der Waals surface area (Å²) in [6, 6.07) is 0.134. The van der Waals surface area contributed by atoms with Gasteiger partial charge in [0.1, 0.15) is 0 Å². The average Bonchev–Trinajstić information content (AvgIpc) is 2.12. The average molecular weight is 229 g/mol. The Morgan fingerprint density at radius 2 is 2.00 bits per heavy atom. The SMILES string of the molecule is CS(=O)(=O)N[C@H]1CCCNCC1.Cl. The minimum atomic E-state index is -3.02. The van der Waals surface area contributed by atoms with E-state index in [0.717, 1.165) is 32.4 Å². The first-order valence-corrected chi connectivity index (χ1v) is 6.15. The van der Waals surface area contributed by atoms with E-state index < -0.39 is 10.0 Å². The van der Waals surface area contributed by atoms with Crippen LogP contribution < -0.4 is 10.0 Å². The maximum absolute atomic E-state index is 10.9. The van der Waals surface area contributed by atoms with Crippen LogP contribution in [0.3, 0.4) is 0 Å². The van der Waals surface area contributed by atoms with E-state index >= 15 is 0 Å². The molecule has 0 bridgehead atoms. The van der Waals surface area contributed by atoms with Crippen LogP contribution in [0.15, 0.2) is 0 Å². The summed E-state index contributed by atoms with van der Waals surface area (Å²) >= 11 is 0. The van der Waals surface area contributed by atoms with Gasteiger partial charge in [0, 0.05) is 6.04 Å². The Morgan fingerprint density at radius 3 is 2.62 bits per heavy atom. The van der Waals surface area contributed by atoms with E-state index in [-0.39, 0.29) is 18.4 Å². The Labute approximate surface area is 85.9 Å². The topological polar surface area (TPSA) is 58.2 Å². The van der Waals surface area contributed by atoms with E-state index in [0.29, 0.717) is 0 Å². The van der Waals surface area contributed by atoms with E-state index in [1.165, 1.54) is 6.26 Å². The highest BCUT2D eigenvalue weighted by atomic mass is 35.5. The lowest BCUT2D eigenvalue weighted by molar-refractivity contribution is 0.522. The number of nitrogens with one attached hydrogen (secondary N) is 2. The normalized spacial score (nSPS) is 24.5. The van der Waals surface area contributed by atoms with E-state index in [4.69, 9.17) is 0 Å². The zero-order chi connectivity index (χ0) is 9.03. The summed E-state index contributed by atoms with van der Waals surface area (Å²) in [6.07, 6.45) is 4.10. The molecule has 0 radical (unpaired) electrons. The van der Waals surface area contributed by atoms with Crippen LogP contribution in [0.2, 0.25) is 0 Å². The lowest BCUT2D eigenvalue weighted by atomic mass is 10.1. The van der Waals surface area contributed by atoms with E-state index in [9.17, 15) is 8.42 Å². The van der Waals surface area contributed by atoms with Crippen LogP contribution in [0.4, 0.5) is 0 Å². The second-order valence-corrected chi connectivity index (χ2v) is 5.05. The third-order valence-electron chi connectivity index (χ3n) is 1.96. The molecule has 1 aliphatic heterocycles. The number of rotatable bonds is 2. The van der Waals surface area contributed by atoms with Crippen molar-refractivity contribution in [2.45, 2.75) is 25.3 Å². The van der Waals surface area contributed by atoms with Crippen molar-refractivity contribution in [2.75, 3.05) is 19.3 Å². The second-order valence-electron chi connectivity index (χ2n) is 3.27. The molecule has 1 atom stereocenters. The van der Waals surface area contributed by atoms with E-state index in [1.54, 1.807) is 0 Å². The van der Waals surface area contributed by atoms with Crippen molar-refractivity contribution in [3.63, 3.8) is 0 Å². The first-order chi connectivity index (χ1) is 5.58. The predicted molar refractivity (Wildman–Crippen MR) is 55.7 cm³/mol. The fourth-order valence-corrected chi connectivity index (χ4v) is 2.28. The quantitative estimate of drug-likeness (QED) is 0.705. The summed E-state index contributed by atoms with van der Waals surface area (Å²) in [7, 11) is -3.02. The fraction of sp³-hybridized carbons (Fsp3) is 1.00. The molecular formula is C7H17ClN2O2S. The van der Waals surface area contributed by atoms with E-state index in [1.807, 2.05) is 0 Å². The molecule has 0 unspecified atom stereocenters. The number of sulfonamides is 1. The molecule has 0 aromatic heterocycles. The monoisotopic (exact) mass is 228 g/mol. The third-order valence-corrected chi connectivity index (χ3v) is 2.72. The van der Waals surface area contributed by atoms with Crippen molar-refractivity contribution >= 4 is 22.4 Å². The molecule has 2 N–H and O–H groups in total. The number of hydrogen-bond acceptors (Lipinski definition) is 3. The van der Waals surface area contributed by atoms with E-state index in [2.05, 4.69) is 10.0 Å². The first-order valence-electron chi connectivity index (χ1n) is 4.26. The summed E-state index contributed by atoms with van der Waals surface area (Å²) in [5, 5.41) is 3.23. The molecule has 0 aromatic carbocycles. The van der Waals surface area contributed by atoms with Gasteiger partial charge in [-0.2, -0.15) is 0 Å². The minimum absolute atomic E-state index is 0. The lowest BCUT2D eigenvalue weighted by Gasteiger charge is -2.13.